The van der Waals surface area contributed by atoms with E-state index < -0.39 is 6.72 Å². The number of rotatable bonds is 4. The lowest BCUT2D eigenvalue weighted by Crippen LogP contribution is -1.91. The number of hydrogen-bond donors (Lipinski definition) is 1. The lowest BCUT2D eigenvalue weighted by atomic mass is 10.5. The average molecular weight is 170 g/mol. The Morgan fingerprint density at radius 2 is 2.22 bits per heavy atom. The van der Waals surface area contributed by atoms with Crippen molar-refractivity contribution in [3.05, 3.63) is 0 Å². The van der Waals surface area contributed by atoms with Crippen molar-refractivity contribution >= 4 is 18.5 Å². The fraction of sp³-hybridized carbons (Fsp3) is 1.00. The van der Waals surface area contributed by atoms with Gasteiger partial charge in [-0.1, -0.05) is 6.92 Å². The summed E-state index contributed by atoms with van der Waals surface area (Å²) in [5.41, 5.74) is 0. The van der Waals surface area contributed by atoms with Crippen LogP contribution in [-0.2, 0) is 20.9 Å². The molecule has 0 rings (SSSR count). The average Bonchev–Trinajstić information content (AvgIpc) is 1.84. The van der Waals surface area contributed by atoms with Crippen LogP contribution in [0.3, 0.4) is 0 Å². The molecule has 3 nitrogen and oxygen atoms in total. The largest absolute Gasteiger partial charge is 0.324 e. The summed E-state index contributed by atoms with van der Waals surface area (Å²) >= 11 is 4.53. The van der Waals surface area contributed by atoms with E-state index in [2.05, 4.69) is 16.3 Å². The molecule has 1 N–H and O–H groups in total. The van der Waals surface area contributed by atoms with Crippen molar-refractivity contribution in [3.63, 3.8) is 0 Å². The first kappa shape index (κ1) is 9.53. The molecule has 0 spiro atoms. The second kappa shape index (κ2) is 4.36. The molecule has 1 atom stereocenters. The van der Waals surface area contributed by atoms with Crippen molar-refractivity contribution in [2.24, 2.45) is 0 Å². The van der Waals surface area contributed by atoms with E-state index in [0.717, 1.165) is 6.42 Å². The molecule has 0 aromatic rings. The molecule has 1 unspecified atom stereocenters. The molecule has 0 aliphatic heterocycles. The van der Waals surface area contributed by atoms with Crippen LogP contribution in [-0.4, -0.2) is 18.6 Å². The van der Waals surface area contributed by atoms with Gasteiger partial charge in [0.2, 0.25) is 0 Å². The summed E-state index contributed by atoms with van der Waals surface area (Å²) < 4.78 is 9.29. The highest BCUT2D eigenvalue weighted by atomic mass is 32.5. The van der Waals surface area contributed by atoms with E-state index in [-0.39, 0.29) is 0 Å². The van der Waals surface area contributed by atoms with Crippen molar-refractivity contribution < 1.29 is 13.9 Å². The minimum absolute atomic E-state index is 0.460. The van der Waals surface area contributed by atoms with Crippen LogP contribution in [0.5, 0.6) is 0 Å². The van der Waals surface area contributed by atoms with E-state index in [1.165, 1.54) is 7.11 Å². The zero-order chi connectivity index (χ0) is 7.33. The normalized spacial score (nSPS) is 17.2. The van der Waals surface area contributed by atoms with Gasteiger partial charge >= 0.3 is 6.72 Å². The first-order valence-corrected chi connectivity index (χ1v) is 5.24. The van der Waals surface area contributed by atoms with Crippen LogP contribution in [0.2, 0.25) is 0 Å². The predicted molar refractivity (Wildman–Crippen MR) is 39.8 cm³/mol. The molecule has 5 heteroatoms. The maximum atomic E-state index is 8.94. The molecule has 0 aromatic heterocycles. The monoisotopic (exact) mass is 170 g/mol. The quantitative estimate of drug-likeness (QED) is 0.645. The van der Waals surface area contributed by atoms with Crippen LogP contribution in [0.15, 0.2) is 0 Å². The lowest BCUT2D eigenvalue weighted by Gasteiger charge is -2.10. The topological polar surface area (TPSA) is 38.7 Å². The third kappa shape index (κ3) is 5.00. The molecule has 9 heavy (non-hydrogen) atoms. The van der Waals surface area contributed by atoms with Crippen molar-refractivity contribution in [2.45, 2.75) is 13.3 Å². The molecule has 0 amide bonds. The van der Waals surface area contributed by atoms with Gasteiger partial charge in [-0.05, 0) is 18.2 Å². The zero-order valence-corrected chi connectivity index (χ0v) is 7.24. The van der Waals surface area contributed by atoms with E-state index in [4.69, 9.17) is 9.42 Å². The summed E-state index contributed by atoms with van der Waals surface area (Å²) in [6.07, 6.45) is 0.836. The van der Waals surface area contributed by atoms with Crippen molar-refractivity contribution in [1.29, 1.82) is 0 Å². The van der Waals surface area contributed by atoms with Gasteiger partial charge in [-0.2, -0.15) is 0 Å². The standard InChI is InChI=1S/C4H11O3PS/c1-3-4-7-8(5,9)6-2/h3-4H2,1-2H3,(H,5,9). The van der Waals surface area contributed by atoms with Gasteiger partial charge in [0.25, 0.3) is 0 Å². The molecule has 0 bridgehead atoms. The molecule has 0 aromatic carbocycles. The highest BCUT2D eigenvalue weighted by Gasteiger charge is 2.09. The summed E-state index contributed by atoms with van der Waals surface area (Å²) in [5, 5.41) is 0. The highest BCUT2D eigenvalue weighted by Crippen LogP contribution is 2.42. The van der Waals surface area contributed by atoms with Gasteiger partial charge in [0.05, 0.1) is 6.61 Å². The minimum Gasteiger partial charge on any atom is -0.324 e. The summed E-state index contributed by atoms with van der Waals surface area (Å²) in [6, 6.07) is 0. The summed E-state index contributed by atoms with van der Waals surface area (Å²) in [6.45, 7) is -0.461. The Kier molecular flexibility index (Phi) is 4.62. The van der Waals surface area contributed by atoms with E-state index in [1.807, 2.05) is 6.92 Å². The molecule has 0 fully saturated rings. The van der Waals surface area contributed by atoms with E-state index in [0.29, 0.717) is 6.61 Å². The molecule has 0 aliphatic carbocycles. The van der Waals surface area contributed by atoms with Crippen LogP contribution in [0.4, 0.5) is 0 Å². The molecular formula is C4H11O3PS. The zero-order valence-electron chi connectivity index (χ0n) is 5.53. The van der Waals surface area contributed by atoms with Crippen LogP contribution < -0.4 is 0 Å². The minimum atomic E-state index is -2.86. The first-order valence-electron chi connectivity index (χ1n) is 2.65. The fourth-order valence-electron chi connectivity index (χ4n) is 0.259. The molecule has 0 aliphatic rings. The highest BCUT2D eigenvalue weighted by molar-refractivity contribution is 8.07. The summed E-state index contributed by atoms with van der Waals surface area (Å²) in [4.78, 5) is 8.94. The van der Waals surface area contributed by atoms with Gasteiger partial charge in [0.15, 0.2) is 0 Å². The van der Waals surface area contributed by atoms with E-state index in [1.54, 1.807) is 0 Å². The van der Waals surface area contributed by atoms with Gasteiger partial charge in [0.1, 0.15) is 0 Å². The van der Waals surface area contributed by atoms with Gasteiger partial charge in [-0.3, -0.25) is 0 Å². The number of hydrogen-bond acceptors (Lipinski definition) is 3. The van der Waals surface area contributed by atoms with Crippen molar-refractivity contribution in [2.75, 3.05) is 13.7 Å². The maximum Gasteiger partial charge on any atom is 0.324 e. The van der Waals surface area contributed by atoms with Crippen molar-refractivity contribution in [1.82, 2.24) is 0 Å². The summed E-state index contributed by atoms with van der Waals surface area (Å²) in [5.74, 6) is 0. The van der Waals surface area contributed by atoms with Crippen molar-refractivity contribution in [3.8, 4) is 0 Å². The smallest absolute Gasteiger partial charge is 0.324 e. The first-order chi connectivity index (χ1) is 4.12. The molecule has 0 saturated heterocycles. The maximum absolute atomic E-state index is 8.94. The van der Waals surface area contributed by atoms with E-state index >= 15 is 0 Å². The Bertz CT molecular complexity index is 116. The molecular weight excluding hydrogens is 159 g/mol. The van der Waals surface area contributed by atoms with Crippen LogP contribution >= 0.6 is 6.72 Å². The molecule has 0 saturated carbocycles. The van der Waals surface area contributed by atoms with Gasteiger partial charge in [-0.25, -0.2) is 0 Å². The second-order valence-electron chi connectivity index (χ2n) is 1.48. The van der Waals surface area contributed by atoms with Crippen LogP contribution in [0, 0.1) is 0 Å². The Hall–Kier alpha value is 0.530. The lowest BCUT2D eigenvalue weighted by molar-refractivity contribution is 0.226. The van der Waals surface area contributed by atoms with E-state index in [9.17, 15) is 0 Å². The Labute approximate surface area is 60.2 Å². The predicted octanol–water partition coefficient (Wildman–Crippen LogP) is 1.28. The van der Waals surface area contributed by atoms with Crippen LogP contribution in [0.1, 0.15) is 13.3 Å². The van der Waals surface area contributed by atoms with Gasteiger partial charge < -0.3 is 13.9 Å². The Morgan fingerprint density at radius 1 is 1.67 bits per heavy atom. The third-order valence-corrected chi connectivity index (χ3v) is 2.42. The Morgan fingerprint density at radius 3 is 2.56 bits per heavy atom. The molecule has 56 valence electrons. The molecule has 0 radical (unpaired) electrons. The third-order valence-electron chi connectivity index (χ3n) is 0.689. The Balaban J connectivity index is 3.46. The van der Waals surface area contributed by atoms with Crippen LogP contribution in [0.25, 0.3) is 0 Å². The second-order valence-corrected chi connectivity index (χ2v) is 4.43. The summed E-state index contributed by atoms with van der Waals surface area (Å²) in [7, 11) is 1.34. The van der Waals surface area contributed by atoms with Gasteiger partial charge in [-0.15, -0.1) is 0 Å². The van der Waals surface area contributed by atoms with Gasteiger partial charge in [0, 0.05) is 7.11 Å². The SMILES string of the molecule is CCCOP(O)(=S)OC. The molecule has 0 heterocycles. The fourth-order valence-corrected chi connectivity index (χ4v) is 1.00.